The third-order valence-electron chi connectivity index (χ3n) is 3.03. The minimum absolute atomic E-state index is 0.00185. The summed E-state index contributed by atoms with van der Waals surface area (Å²) >= 11 is 0. The summed E-state index contributed by atoms with van der Waals surface area (Å²) in [6.45, 7) is 2.13. The summed E-state index contributed by atoms with van der Waals surface area (Å²) < 4.78 is 15.7. The molecule has 1 atom stereocenters. The normalized spacial score (nSPS) is 24.2. The molecule has 0 aromatic heterocycles. The Kier molecular flexibility index (Phi) is 2.28. The van der Waals surface area contributed by atoms with Crippen molar-refractivity contribution < 1.29 is 19.0 Å². The van der Waals surface area contributed by atoms with Crippen LogP contribution in [0.4, 0.5) is 0 Å². The van der Waals surface area contributed by atoms with Gasteiger partial charge in [-0.15, -0.1) is 0 Å². The van der Waals surface area contributed by atoms with Gasteiger partial charge in [0, 0.05) is 0 Å². The fourth-order valence-corrected chi connectivity index (χ4v) is 2.18. The third kappa shape index (κ3) is 1.65. The van der Waals surface area contributed by atoms with E-state index in [1.165, 1.54) is 0 Å². The van der Waals surface area contributed by atoms with E-state index in [0.29, 0.717) is 12.2 Å². The maximum Gasteiger partial charge on any atom is 0.311 e. The van der Waals surface area contributed by atoms with Crippen molar-refractivity contribution in [3.8, 4) is 11.5 Å². The molecule has 17 heavy (non-hydrogen) atoms. The molecule has 0 saturated carbocycles. The number of hydrogen-bond acceptors (Lipinski definition) is 4. The third-order valence-corrected chi connectivity index (χ3v) is 3.03. The molecular weight excluding hydrogens is 220 g/mol. The van der Waals surface area contributed by atoms with Crippen LogP contribution in [0.1, 0.15) is 24.8 Å². The molecule has 88 valence electrons. The number of ether oxygens (including phenoxy) is 3. The van der Waals surface area contributed by atoms with E-state index >= 15 is 0 Å². The van der Waals surface area contributed by atoms with Gasteiger partial charge in [0.25, 0.3) is 0 Å². The number of hydrogen-bond donors (Lipinski definition) is 0. The number of fused-ring (bicyclic) bond motifs is 1. The van der Waals surface area contributed by atoms with Crippen LogP contribution >= 0.6 is 0 Å². The summed E-state index contributed by atoms with van der Waals surface area (Å²) in [4.78, 5) is 11.3. The predicted octanol–water partition coefficient (Wildman–Crippen LogP) is 2.35. The van der Waals surface area contributed by atoms with Crippen LogP contribution in [0.15, 0.2) is 30.0 Å². The topological polar surface area (TPSA) is 44.8 Å². The molecule has 2 aliphatic rings. The van der Waals surface area contributed by atoms with Gasteiger partial charge in [-0.25, -0.2) is 0 Å². The van der Waals surface area contributed by atoms with Crippen LogP contribution < -0.4 is 9.47 Å². The number of rotatable bonds is 1. The Labute approximate surface area is 98.8 Å². The highest BCUT2D eigenvalue weighted by molar-refractivity contribution is 5.76. The average molecular weight is 232 g/mol. The number of esters is 1. The maximum absolute atomic E-state index is 11.3. The van der Waals surface area contributed by atoms with Crippen molar-refractivity contribution in [2.45, 2.75) is 19.3 Å². The highest BCUT2D eigenvalue weighted by Gasteiger charge is 2.31. The highest BCUT2D eigenvalue weighted by atomic mass is 16.7. The van der Waals surface area contributed by atoms with E-state index in [2.05, 4.69) is 0 Å². The Hall–Kier alpha value is -1.97. The highest BCUT2D eigenvalue weighted by Crippen LogP contribution is 2.40. The quantitative estimate of drug-likeness (QED) is 0.697. The zero-order valence-electron chi connectivity index (χ0n) is 9.43. The zero-order valence-corrected chi connectivity index (χ0v) is 9.43. The van der Waals surface area contributed by atoms with Crippen molar-refractivity contribution >= 4 is 5.97 Å². The van der Waals surface area contributed by atoms with E-state index in [0.717, 1.165) is 17.1 Å². The number of benzene rings is 1. The lowest BCUT2D eigenvalue weighted by molar-refractivity contribution is -0.135. The Balaban J connectivity index is 1.96. The Morgan fingerprint density at radius 3 is 2.94 bits per heavy atom. The van der Waals surface area contributed by atoms with Crippen LogP contribution in [-0.4, -0.2) is 12.8 Å². The van der Waals surface area contributed by atoms with Gasteiger partial charge < -0.3 is 14.2 Å². The number of carbonyl (C=O) groups excluding carboxylic acids is 1. The standard InChI is InChI=1S/C13H12O4/c1-2-10-9(6-13(14)17-10)8-3-4-11-12(5-8)16-7-15-11/h2-5,9H,6-7H2,1H3/b10-2+. The SMILES string of the molecule is C/C=C1/OC(=O)CC1c1ccc2c(c1)OCO2. The largest absolute Gasteiger partial charge is 0.454 e. The van der Waals surface area contributed by atoms with Gasteiger partial charge in [0.05, 0.1) is 12.3 Å². The Bertz CT molecular complexity index is 504. The van der Waals surface area contributed by atoms with E-state index in [1.807, 2.05) is 31.2 Å². The molecule has 0 amide bonds. The molecule has 0 N–H and O–H groups in total. The van der Waals surface area contributed by atoms with E-state index in [9.17, 15) is 4.79 Å². The summed E-state index contributed by atoms with van der Waals surface area (Å²) in [7, 11) is 0. The molecule has 0 bridgehead atoms. The molecular formula is C13H12O4. The lowest BCUT2D eigenvalue weighted by atomic mass is 9.95. The number of allylic oxidation sites excluding steroid dienone is 2. The first-order chi connectivity index (χ1) is 8.28. The molecule has 1 fully saturated rings. The number of cyclic esters (lactones) is 1. The second-order valence-corrected chi connectivity index (χ2v) is 4.03. The molecule has 3 rings (SSSR count). The Morgan fingerprint density at radius 1 is 1.29 bits per heavy atom. The first-order valence-electron chi connectivity index (χ1n) is 5.54. The van der Waals surface area contributed by atoms with Crippen LogP contribution in [0.25, 0.3) is 0 Å². The van der Waals surface area contributed by atoms with Crippen molar-refractivity contribution in [2.75, 3.05) is 6.79 Å². The van der Waals surface area contributed by atoms with Crippen molar-refractivity contribution in [3.05, 3.63) is 35.6 Å². The maximum atomic E-state index is 11.3. The van der Waals surface area contributed by atoms with Gasteiger partial charge >= 0.3 is 5.97 Å². The van der Waals surface area contributed by atoms with Crippen LogP contribution in [0, 0.1) is 0 Å². The lowest BCUT2D eigenvalue weighted by Gasteiger charge is -2.09. The summed E-state index contributed by atoms with van der Waals surface area (Å²) in [6, 6.07) is 5.73. The van der Waals surface area contributed by atoms with Crippen LogP contribution in [-0.2, 0) is 9.53 Å². The predicted molar refractivity (Wildman–Crippen MR) is 59.8 cm³/mol. The molecule has 4 heteroatoms. The molecule has 0 radical (unpaired) electrons. The second-order valence-electron chi connectivity index (χ2n) is 4.03. The second kappa shape index (κ2) is 3.80. The molecule has 0 aliphatic carbocycles. The fourth-order valence-electron chi connectivity index (χ4n) is 2.18. The van der Waals surface area contributed by atoms with E-state index in [-0.39, 0.29) is 18.7 Å². The molecule has 2 heterocycles. The van der Waals surface area contributed by atoms with Crippen molar-refractivity contribution in [1.82, 2.24) is 0 Å². The number of carbonyl (C=O) groups is 1. The molecule has 0 spiro atoms. The minimum atomic E-state index is -0.180. The van der Waals surface area contributed by atoms with Gasteiger partial charge in [-0.2, -0.15) is 0 Å². The summed E-state index contributed by atoms with van der Waals surface area (Å²) in [5, 5.41) is 0. The summed E-state index contributed by atoms with van der Waals surface area (Å²) in [5.74, 6) is 2.02. The molecule has 1 unspecified atom stereocenters. The van der Waals surface area contributed by atoms with Crippen LogP contribution in [0.2, 0.25) is 0 Å². The molecule has 4 nitrogen and oxygen atoms in total. The van der Waals surface area contributed by atoms with Crippen molar-refractivity contribution in [3.63, 3.8) is 0 Å². The lowest BCUT2D eigenvalue weighted by Crippen LogP contribution is -1.96. The van der Waals surface area contributed by atoms with Gasteiger partial charge in [0.2, 0.25) is 6.79 Å². The molecule has 1 aromatic rings. The van der Waals surface area contributed by atoms with E-state index in [1.54, 1.807) is 0 Å². The average Bonchev–Trinajstić information content (AvgIpc) is 2.93. The van der Waals surface area contributed by atoms with E-state index < -0.39 is 0 Å². The molecule has 1 aromatic carbocycles. The minimum Gasteiger partial charge on any atom is -0.454 e. The monoisotopic (exact) mass is 232 g/mol. The molecule has 1 saturated heterocycles. The van der Waals surface area contributed by atoms with Gasteiger partial charge in [0.15, 0.2) is 11.5 Å². The first-order valence-corrected chi connectivity index (χ1v) is 5.54. The Morgan fingerprint density at radius 2 is 2.12 bits per heavy atom. The van der Waals surface area contributed by atoms with Gasteiger partial charge in [-0.05, 0) is 30.7 Å². The molecule has 2 aliphatic heterocycles. The van der Waals surface area contributed by atoms with Crippen LogP contribution in [0.3, 0.4) is 0 Å². The van der Waals surface area contributed by atoms with Crippen molar-refractivity contribution in [1.29, 1.82) is 0 Å². The smallest absolute Gasteiger partial charge is 0.311 e. The summed E-state index contributed by atoms with van der Waals surface area (Å²) in [6.07, 6.45) is 2.22. The van der Waals surface area contributed by atoms with Gasteiger partial charge in [0.1, 0.15) is 5.76 Å². The fraction of sp³-hybridized carbons (Fsp3) is 0.308. The first kappa shape index (κ1) is 10.2. The van der Waals surface area contributed by atoms with Gasteiger partial charge in [-0.3, -0.25) is 4.79 Å². The zero-order chi connectivity index (χ0) is 11.8. The van der Waals surface area contributed by atoms with Crippen LogP contribution in [0.5, 0.6) is 11.5 Å². The van der Waals surface area contributed by atoms with E-state index in [4.69, 9.17) is 14.2 Å². The summed E-state index contributed by atoms with van der Waals surface area (Å²) in [5.41, 5.74) is 1.02. The van der Waals surface area contributed by atoms with Gasteiger partial charge in [-0.1, -0.05) is 6.07 Å². The van der Waals surface area contributed by atoms with Crippen molar-refractivity contribution in [2.24, 2.45) is 0 Å².